The summed E-state index contributed by atoms with van der Waals surface area (Å²) in [5.41, 5.74) is 1.95. The maximum Gasteiger partial charge on any atom is 0.328 e. The fourth-order valence-corrected chi connectivity index (χ4v) is 2.88. The van der Waals surface area contributed by atoms with Crippen molar-refractivity contribution in [1.29, 1.82) is 0 Å². The van der Waals surface area contributed by atoms with Gasteiger partial charge in [-0.1, -0.05) is 6.07 Å². The quantitative estimate of drug-likeness (QED) is 0.894. The molecule has 5 nitrogen and oxygen atoms in total. The number of hydrogen-bond donors (Lipinski definition) is 1. The number of carboxylic acids is 1. The van der Waals surface area contributed by atoms with Crippen LogP contribution in [0.2, 0.25) is 0 Å². The van der Waals surface area contributed by atoms with Crippen molar-refractivity contribution in [2.75, 3.05) is 25.0 Å². The van der Waals surface area contributed by atoms with Crippen LogP contribution in [0.5, 0.6) is 0 Å². The second-order valence-electron chi connectivity index (χ2n) is 4.69. The number of amides is 1. The van der Waals surface area contributed by atoms with E-state index in [2.05, 4.69) is 15.9 Å². The molecular weight excluding hydrogens is 312 g/mol. The number of likely N-dealkylation sites (N-methyl/N-ethyl adjacent to an activating group) is 1. The van der Waals surface area contributed by atoms with E-state index in [-0.39, 0.29) is 12.5 Å². The van der Waals surface area contributed by atoms with Crippen LogP contribution in [0, 0.1) is 6.92 Å². The van der Waals surface area contributed by atoms with Crippen LogP contribution in [0.25, 0.3) is 0 Å². The van der Waals surface area contributed by atoms with Gasteiger partial charge in [0.2, 0.25) is 5.91 Å². The molecule has 6 heteroatoms. The van der Waals surface area contributed by atoms with Crippen molar-refractivity contribution in [3.05, 3.63) is 28.2 Å². The Morgan fingerprint density at radius 3 is 2.74 bits per heavy atom. The minimum absolute atomic E-state index is 0.189. The summed E-state index contributed by atoms with van der Waals surface area (Å²) in [5, 5.41) is 9.17. The van der Waals surface area contributed by atoms with Gasteiger partial charge in [-0.3, -0.25) is 4.79 Å². The third-order valence-corrected chi connectivity index (χ3v) is 3.94. The number of nitrogens with zero attached hydrogens (tertiary/aromatic N) is 2. The molecule has 0 spiro atoms. The predicted octanol–water partition coefficient (Wildman–Crippen LogP) is 1.49. The van der Waals surface area contributed by atoms with Gasteiger partial charge in [0, 0.05) is 18.1 Å². The van der Waals surface area contributed by atoms with E-state index in [1.54, 1.807) is 4.90 Å². The lowest BCUT2D eigenvalue weighted by atomic mass is 10.1. The zero-order chi connectivity index (χ0) is 14.2. The molecule has 0 bridgehead atoms. The van der Waals surface area contributed by atoms with Crippen LogP contribution in [0.4, 0.5) is 5.69 Å². The first-order valence-electron chi connectivity index (χ1n) is 5.89. The molecule has 1 saturated heterocycles. The highest BCUT2D eigenvalue weighted by molar-refractivity contribution is 9.10. The van der Waals surface area contributed by atoms with Crippen LogP contribution in [0.3, 0.4) is 0 Å². The maximum atomic E-state index is 11.9. The van der Waals surface area contributed by atoms with Crippen molar-refractivity contribution >= 4 is 33.5 Å². The number of aryl methyl sites for hydroxylation is 1. The first kappa shape index (κ1) is 13.9. The molecule has 19 heavy (non-hydrogen) atoms. The molecule has 0 aromatic heterocycles. The third-order valence-electron chi connectivity index (χ3n) is 3.31. The molecule has 1 aliphatic heterocycles. The van der Waals surface area contributed by atoms with Crippen LogP contribution in [-0.4, -0.2) is 48.1 Å². The Morgan fingerprint density at radius 2 is 2.16 bits per heavy atom. The van der Waals surface area contributed by atoms with Crippen molar-refractivity contribution in [3.63, 3.8) is 0 Å². The lowest BCUT2D eigenvalue weighted by Crippen LogP contribution is -2.58. The summed E-state index contributed by atoms with van der Waals surface area (Å²) in [4.78, 5) is 26.2. The van der Waals surface area contributed by atoms with E-state index < -0.39 is 12.0 Å². The molecule has 102 valence electrons. The molecule has 1 unspecified atom stereocenters. The molecule has 1 amide bonds. The second-order valence-corrected chi connectivity index (χ2v) is 5.55. The molecule has 1 fully saturated rings. The Balaban J connectivity index is 2.30. The fourth-order valence-electron chi connectivity index (χ4n) is 2.14. The van der Waals surface area contributed by atoms with E-state index in [0.29, 0.717) is 6.54 Å². The Morgan fingerprint density at radius 1 is 1.47 bits per heavy atom. The van der Waals surface area contributed by atoms with Gasteiger partial charge in [-0.2, -0.15) is 0 Å². The van der Waals surface area contributed by atoms with Crippen LogP contribution >= 0.6 is 15.9 Å². The third kappa shape index (κ3) is 2.73. The summed E-state index contributed by atoms with van der Waals surface area (Å²) in [5.74, 6) is -1.17. The van der Waals surface area contributed by atoms with E-state index in [4.69, 9.17) is 0 Å². The van der Waals surface area contributed by atoms with Gasteiger partial charge in [0.15, 0.2) is 0 Å². The van der Waals surface area contributed by atoms with E-state index in [0.717, 1.165) is 15.7 Å². The number of hydrogen-bond acceptors (Lipinski definition) is 3. The monoisotopic (exact) mass is 326 g/mol. The Bertz CT molecular complexity index is 533. The van der Waals surface area contributed by atoms with E-state index in [1.165, 1.54) is 11.9 Å². The summed E-state index contributed by atoms with van der Waals surface area (Å²) in [7, 11) is 1.53. The highest BCUT2D eigenvalue weighted by Gasteiger charge is 2.35. The number of benzene rings is 1. The van der Waals surface area contributed by atoms with Crippen molar-refractivity contribution in [2.45, 2.75) is 13.0 Å². The first-order chi connectivity index (χ1) is 8.90. The number of carbonyl (C=O) groups excluding carboxylic acids is 1. The number of rotatable bonds is 2. The Labute approximate surface area is 119 Å². The number of aliphatic carboxylic acids is 1. The number of anilines is 1. The topological polar surface area (TPSA) is 60.9 Å². The molecule has 2 rings (SSSR count). The zero-order valence-corrected chi connectivity index (χ0v) is 12.3. The number of carbonyl (C=O) groups is 2. The van der Waals surface area contributed by atoms with Gasteiger partial charge in [-0.05, 0) is 40.5 Å². The normalized spacial score (nSPS) is 19.7. The van der Waals surface area contributed by atoms with Crippen LogP contribution < -0.4 is 4.90 Å². The van der Waals surface area contributed by atoms with E-state index in [9.17, 15) is 14.7 Å². The molecule has 1 aromatic carbocycles. The summed E-state index contributed by atoms with van der Waals surface area (Å²) in [6.07, 6.45) is 0. The van der Waals surface area contributed by atoms with Gasteiger partial charge in [-0.25, -0.2) is 4.79 Å². The highest BCUT2D eigenvalue weighted by atomic mass is 79.9. The minimum Gasteiger partial charge on any atom is -0.480 e. The molecule has 0 radical (unpaired) electrons. The average Bonchev–Trinajstić information content (AvgIpc) is 2.32. The number of piperazine rings is 1. The molecule has 0 saturated carbocycles. The lowest BCUT2D eigenvalue weighted by molar-refractivity contribution is -0.149. The van der Waals surface area contributed by atoms with Crippen LogP contribution in [0.15, 0.2) is 22.7 Å². The maximum absolute atomic E-state index is 11.9. The van der Waals surface area contributed by atoms with Crippen molar-refractivity contribution in [2.24, 2.45) is 0 Å². The summed E-state index contributed by atoms with van der Waals surface area (Å²) in [6, 6.07) is 4.98. The molecule has 0 aliphatic carbocycles. The SMILES string of the molecule is Cc1ccc(N2CC(=O)N(C)C(C(=O)O)C2)c(Br)c1. The van der Waals surface area contributed by atoms with Gasteiger partial charge in [0.1, 0.15) is 6.04 Å². The van der Waals surface area contributed by atoms with Crippen molar-refractivity contribution in [1.82, 2.24) is 4.90 Å². The predicted molar refractivity (Wildman–Crippen MR) is 75.3 cm³/mol. The summed E-state index contributed by atoms with van der Waals surface area (Å²) in [6.45, 7) is 2.46. The van der Waals surface area contributed by atoms with Gasteiger partial charge in [0.25, 0.3) is 0 Å². The molecule has 1 heterocycles. The summed E-state index contributed by atoms with van der Waals surface area (Å²) >= 11 is 3.46. The largest absolute Gasteiger partial charge is 0.480 e. The van der Waals surface area contributed by atoms with Gasteiger partial charge < -0.3 is 14.9 Å². The zero-order valence-electron chi connectivity index (χ0n) is 10.8. The fraction of sp³-hybridized carbons (Fsp3) is 0.385. The van der Waals surface area contributed by atoms with Gasteiger partial charge >= 0.3 is 5.97 Å². The van der Waals surface area contributed by atoms with E-state index in [1.807, 2.05) is 25.1 Å². The minimum atomic E-state index is -0.983. The molecule has 1 aromatic rings. The van der Waals surface area contributed by atoms with Crippen LogP contribution in [0.1, 0.15) is 5.56 Å². The number of halogens is 1. The Hall–Kier alpha value is -1.56. The van der Waals surface area contributed by atoms with Crippen molar-refractivity contribution in [3.8, 4) is 0 Å². The van der Waals surface area contributed by atoms with Crippen LogP contribution in [-0.2, 0) is 9.59 Å². The smallest absolute Gasteiger partial charge is 0.328 e. The molecule has 1 aliphatic rings. The highest BCUT2D eigenvalue weighted by Crippen LogP contribution is 2.29. The standard InChI is InChI=1S/C13H15BrN2O3/c1-8-3-4-10(9(14)5-8)16-6-11(13(18)19)15(2)12(17)7-16/h3-5,11H,6-7H2,1-2H3,(H,18,19). The number of carboxylic acid groups (broad SMARTS) is 1. The molecule has 1 atom stereocenters. The lowest BCUT2D eigenvalue weighted by Gasteiger charge is -2.38. The molecule has 1 N–H and O–H groups in total. The summed E-state index contributed by atoms with van der Waals surface area (Å²) < 4.78 is 0.869. The van der Waals surface area contributed by atoms with Crippen molar-refractivity contribution < 1.29 is 14.7 Å². The van der Waals surface area contributed by atoms with E-state index >= 15 is 0 Å². The average molecular weight is 327 g/mol. The van der Waals surface area contributed by atoms with Gasteiger partial charge in [0.05, 0.1) is 12.2 Å². The first-order valence-corrected chi connectivity index (χ1v) is 6.69. The Kier molecular flexibility index (Phi) is 3.80. The second kappa shape index (κ2) is 5.21. The van der Waals surface area contributed by atoms with Gasteiger partial charge in [-0.15, -0.1) is 0 Å². The molecular formula is C13H15BrN2O3.